The number of aromatic nitrogens is 2. The van der Waals surface area contributed by atoms with Crippen molar-refractivity contribution in [3.8, 4) is 11.5 Å². The third-order valence-corrected chi connectivity index (χ3v) is 3.19. The second kappa shape index (κ2) is 6.33. The molecule has 3 rings (SSSR count). The summed E-state index contributed by atoms with van der Waals surface area (Å²) < 4.78 is 5.71. The van der Waals surface area contributed by atoms with Gasteiger partial charge >= 0.3 is 0 Å². The Morgan fingerprint density at radius 3 is 2.24 bits per heavy atom. The van der Waals surface area contributed by atoms with Crippen LogP contribution in [0.1, 0.15) is 11.5 Å². The highest BCUT2D eigenvalue weighted by Crippen LogP contribution is 2.17. The maximum absolute atomic E-state index is 5.71. The van der Waals surface area contributed by atoms with E-state index in [0.29, 0.717) is 18.3 Å². The van der Waals surface area contributed by atoms with Gasteiger partial charge in [0.15, 0.2) is 0 Å². The molecule has 0 saturated carbocycles. The third-order valence-electron chi connectivity index (χ3n) is 3.19. The second-order valence-electron chi connectivity index (χ2n) is 5.02. The summed E-state index contributed by atoms with van der Waals surface area (Å²) in [4.78, 5) is 2.15. The minimum atomic E-state index is 0.568. The van der Waals surface area contributed by atoms with Gasteiger partial charge in [0.1, 0.15) is 0 Å². The van der Waals surface area contributed by atoms with Crippen molar-refractivity contribution < 1.29 is 4.42 Å². The topological polar surface area (TPSA) is 42.2 Å². The summed E-state index contributed by atoms with van der Waals surface area (Å²) in [5.74, 6) is 1.20. The van der Waals surface area contributed by atoms with E-state index in [1.807, 2.05) is 55.6 Å². The van der Waals surface area contributed by atoms with Crippen molar-refractivity contribution in [3.63, 3.8) is 0 Å². The zero-order chi connectivity index (χ0) is 14.5. The van der Waals surface area contributed by atoms with Gasteiger partial charge in [-0.3, -0.25) is 4.90 Å². The van der Waals surface area contributed by atoms with Crippen molar-refractivity contribution in [1.29, 1.82) is 0 Å². The lowest BCUT2D eigenvalue weighted by molar-refractivity contribution is 0.283. The van der Waals surface area contributed by atoms with E-state index in [2.05, 4.69) is 27.2 Å². The van der Waals surface area contributed by atoms with Crippen LogP contribution in [0.3, 0.4) is 0 Å². The number of rotatable bonds is 5. The molecule has 4 nitrogen and oxygen atoms in total. The molecule has 0 amide bonds. The van der Waals surface area contributed by atoms with E-state index in [1.165, 1.54) is 5.56 Å². The molecule has 0 bridgehead atoms. The molecule has 0 fully saturated rings. The molecule has 1 heterocycles. The van der Waals surface area contributed by atoms with Gasteiger partial charge in [-0.1, -0.05) is 48.5 Å². The highest BCUT2D eigenvalue weighted by atomic mass is 16.4. The van der Waals surface area contributed by atoms with E-state index in [1.54, 1.807) is 0 Å². The monoisotopic (exact) mass is 279 g/mol. The normalized spacial score (nSPS) is 11.0. The molecule has 0 aliphatic heterocycles. The van der Waals surface area contributed by atoms with Gasteiger partial charge in [-0.2, -0.15) is 0 Å². The van der Waals surface area contributed by atoms with E-state index in [-0.39, 0.29) is 0 Å². The highest BCUT2D eigenvalue weighted by Gasteiger charge is 2.10. The maximum atomic E-state index is 5.71. The van der Waals surface area contributed by atoms with Gasteiger partial charge in [0, 0.05) is 12.1 Å². The predicted octanol–water partition coefficient (Wildman–Crippen LogP) is 3.37. The average molecular weight is 279 g/mol. The van der Waals surface area contributed by atoms with Crippen LogP contribution in [-0.4, -0.2) is 22.1 Å². The molecule has 0 unspecified atom stereocenters. The fourth-order valence-electron chi connectivity index (χ4n) is 2.20. The fourth-order valence-corrected chi connectivity index (χ4v) is 2.20. The first kappa shape index (κ1) is 13.5. The molecule has 1 aromatic heterocycles. The molecule has 0 radical (unpaired) electrons. The van der Waals surface area contributed by atoms with Gasteiger partial charge in [-0.25, -0.2) is 0 Å². The Morgan fingerprint density at radius 1 is 0.857 bits per heavy atom. The lowest BCUT2D eigenvalue weighted by Crippen LogP contribution is -2.17. The summed E-state index contributed by atoms with van der Waals surface area (Å²) in [5.41, 5.74) is 2.21. The van der Waals surface area contributed by atoms with Crippen LogP contribution in [0.5, 0.6) is 0 Å². The molecular weight excluding hydrogens is 262 g/mol. The molecule has 0 spiro atoms. The first-order chi connectivity index (χ1) is 10.3. The first-order valence-electron chi connectivity index (χ1n) is 6.91. The summed E-state index contributed by atoms with van der Waals surface area (Å²) in [6, 6.07) is 20.1. The number of hydrogen-bond acceptors (Lipinski definition) is 4. The molecule has 21 heavy (non-hydrogen) atoms. The quantitative estimate of drug-likeness (QED) is 0.718. The lowest BCUT2D eigenvalue weighted by Gasteiger charge is -2.13. The summed E-state index contributed by atoms with van der Waals surface area (Å²) >= 11 is 0. The third kappa shape index (κ3) is 3.55. The molecule has 3 aromatic rings. The number of benzene rings is 2. The van der Waals surface area contributed by atoms with Crippen molar-refractivity contribution in [2.45, 2.75) is 13.1 Å². The minimum Gasteiger partial charge on any atom is -0.419 e. The van der Waals surface area contributed by atoms with Crippen LogP contribution in [-0.2, 0) is 13.1 Å². The number of hydrogen-bond donors (Lipinski definition) is 0. The Kier molecular flexibility index (Phi) is 4.07. The number of nitrogens with zero attached hydrogens (tertiary/aromatic N) is 3. The standard InChI is InChI=1S/C17H17N3O/c1-20(12-14-8-4-2-5-9-14)13-16-18-19-17(21-16)15-10-6-3-7-11-15/h2-11H,12-13H2,1H3. The van der Waals surface area contributed by atoms with Crippen molar-refractivity contribution in [1.82, 2.24) is 15.1 Å². The molecule has 4 heteroatoms. The molecule has 0 atom stereocenters. The molecule has 0 aliphatic carbocycles. The van der Waals surface area contributed by atoms with Crippen molar-refractivity contribution in [3.05, 3.63) is 72.1 Å². The summed E-state index contributed by atoms with van der Waals surface area (Å²) in [6.07, 6.45) is 0. The average Bonchev–Trinajstić information content (AvgIpc) is 2.97. The van der Waals surface area contributed by atoms with Gasteiger partial charge in [0.2, 0.25) is 11.8 Å². The summed E-state index contributed by atoms with van der Waals surface area (Å²) in [7, 11) is 2.04. The van der Waals surface area contributed by atoms with Crippen LogP contribution < -0.4 is 0 Å². The van der Waals surface area contributed by atoms with Gasteiger partial charge in [0.25, 0.3) is 0 Å². The summed E-state index contributed by atoms with van der Waals surface area (Å²) in [5, 5.41) is 8.22. The van der Waals surface area contributed by atoms with Crippen LogP contribution in [0.15, 0.2) is 65.1 Å². The Bertz CT molecular complexity index is 680. The zero-order valence-corrected chi connectivity index (χ0v) is 11.9. The van der Waals surface area contributed by atoms with Crippen LogP contribution in [0, 0.1) is 0 Å². The zero-order valence-electron chi connectivity index (χ0n) is 11.9. The van der Waals surface area contributed by atoms with Crippen LogP contribution in [0.25, 0.3) is 11.5 Å². The van der Waals surface area contributed by atoms with E-state index in [4.69, 9.17) is 4.42 Å². The first-order valence-corrected chi connectivity index (χ1v) is 6.91. The van der Waals surface area contributed by atoms with Crippen LogP contribution in [0.2, 0.25) is 0 Å². The van der Waals surface area contributed by atoms with Crippen molar-refractivity contribution >= 4 is 0 Å². The SMILES string of the molecule is CN(Cc1ccccc1)Cc1nnc(-c2ccccc2)o1. The lowest BCUT2D eigenvalue weighted by atomic mass is 10.2. The van der Waals surface area contributed by atoms with Gasteiger partial charge in [-0.05, 0) is 24.7 Å². The Morgan fingerprint density at radius 2 is 1.52 bits per heavy atom. The van der Waals surface area contributed by atoms with Crippen molar-refractivity contribution in [2.75, 3.05) is 7.05 Å². The minimum absolute atomic E-state index is 0.568. The van der Waals surface area contributed by atoms with Gasteiger partial charge in [0.05, 0.1) is 6.54 Å². The van der Waals surface area contributed by atoms with Crippen LogP contribution >= 0.6 is 0 Å². The van der Waals surface area contributed by atoms with Crippen LogP contribution in [0.4, 0.5) is 0 Å². The molecule has 0 N–H and O–H groups in total. The highest BCUT2D eigenvalue weighted by molar-refractivity contribution is 5.51. The molecule has 2 aromatic carbocycles. The predicted molar refractivity (Wildman–Crippen MR) is 81.3 cm³/mol. The van der Waals surface area contributed by atoms with Gasteiger partial charge < -0.3 is 4.42 Å². The molecule has 0 aliphatic rings. The molecule has 0 saturated heterocycles. The molecular formula is C17H17N3O. The smallest absolute Gasteiger partial charge is 0.247 e. The van der Waals surface area contributed by atoms with E-state index in [0.717, 1.165) is 12.1 Å². The summed E-state index contributed by atoms with van der Waals surface area (Å²) in [6.45, 7) is 1.48. The largest absolute Gasteiger partial charge is 0.419 e. The van der Waals surface area contributed by atoms with Crippen molar-refractivity contribution in [2.24, 2.45) is 0 Å². The maximum Gasteiger partial charge on any atom is 0.247 e. The van der Waals surface area contributed by atoms with E-state index in [9.17, 15) is 0 Å². The molecule has 106 valence electrons. The fraction of sp³-hybridized carbons (Fsp3) is 0.176. The Labute approximate surface area is 124 Å². The second-order valence-corrected chi connectivity index (χ2v) is 5.02. The van der Waals surface area contributed by atoms with E-state index >= 15 is 0 Å². The Balaban J connectivity index is 1.65. The van der Waals surface area contributed by atoms with Gasteiger partial charge in [-0.15, -0.1) is 10.2 Å². The van der Waals surface area contributed by atoms with E-state index < -0.39 is 0 Å². The Hall–Kier alpha value is -2.46.